The summed E-state index contributed by atoms with van der Waals surface area (Å²) < 4.78 is 32.9. The first-order chi connectivity index (χ1) is 14.9. The summed E-state index contributed by atoms with van der Waals surface area (Å²) in [5.41, 5.74) is 2.74. The summed E-state index contributed by atoms with van der Waals surface area (Å²) in [6.45, 7) is 4.71. The minimum absolute atomic E-state index is 0.0409. The lowest BCUT2D eigenvalue weighted by atomic mass is 10.1. The smallest absolute Gasteiger partial charge is 0.240 e. The molecule has 0 fully saturated rings. The van der Waals surface area contributed by atoms with E-state index in [2.05, 4.69) is 15.0 Å². The van der Waals surface area contributed by atoms with E-state index in [-0.39, 0.29) is 23.8 Å². The number of aromatic nitrogens is 1. The molecular weight excluding hydrogens is 414 g/mol. The summed E-state index contributed by atoms with van der Waals surface area (Å²) >= 11 is 0. The predicted molar refractivity (Wildman–Crippen MR) is 121 cm³/mol. The second kappa shape index (κ2) is 10.4. The van der Waals surface area contributed by atoms with E-state index in [1.54, 1.807) is 24.4 Å². The minimum atomic E-state index is -3.63. The first-order valence-electron chi connectivity index (χ1n) is 10.2. The molecule has 0 bridgehead atoms. The average molecular weight is 442 g/mol. The number of nitrogens with one attached hydrogen (secondary N) is 2. The van der Waals surface area contributed by atoms with E-state index in [1.165, 1.54) is 0 Å². The second-order valence-electron chi connectivity index (χ2n) is 7.28. The maximum absolute atomic E-state index is 12.3. The molecule has 0 atom stereocenters. The van der Waals surface area contributed by atoms with E-state index in [9.17, 15) is 13.2 Å². The van der Waals surface area contributed by atoms with Gasteiger partial charge in [0.05, 0.1) is 11.5 Å². The van der Waals surface area contributed by atoms with Gasteiger partial charge in [0.1, 0.15) is 11.3 Å². The molecule has 7 nitrogen and oxygen atoms in total. The van der Waals surface area contributed by atoms with Gasteiger partial charge in [0.2, 0.25) is 15.9 Å². The van der Waals surface area contributed by atoms with Gasteiger partial charge in [0.25, 0.3) is 0 Å². The molecule has 0 radical (unpaired) electrons. The van der Waals surface area contributed by atoms with Gasteiger partial charge in [-0.15, -0.1) is 0 Å². The summed E-state index contributed by atoms with van der Waals surface area (Å²) in [7, 11) is -3.63. The van der Waals surface area contributed by atoms with Gasteiger partial charge in [-0.1, -0.05) is 24.3 Å². The number of fused-ring (bicyclic) bond motifs is 1. The van der Waals surface area contributed by atoms with Crippen molar-refractivity contribution in [3.8, 4) is 5.75 Å². The lowest BCUT2D eigenvalue weighted by Gasteiger charge is -2.10. The van der Waals surface area contributed by atoms with Crippen LogP contribution in [0.5, 0.6) is 5.75 Å². The molecule has 1 amide bonds. The summed E-state index contributed by atoms with van der Waals surface area (Å²) in [6, 6.07) is 14.6. The Bertz CT molecular complexity index is 1160. The number of ether oxygens (including phenoxy) is 1. The summed E-state index contributed by atoms with van der Waals surface area (Å²) in [5.74, 6) is 0.500. The van der Waals surface area contributed by atoms with E-state index in [0.717, 1.165) is 22.0 Å². The molecule has 2 N–H and O–H groups in total. The van der Waals surface area contributed by atoms with Crippen molar-refractivity contribution < 1.29 is 17.9 Å². The molecule has 0 aliphatic heterocycles. The Hall–Kier alpha value is -2.97. The van der Waals surface area contributed by atoms with Crippen molar-refractivity contribution in [2.45, 2.75) is 31.6 Å². The standard InChI is InChI=1S/C23H27N3O4S/c1-17-9-10-20(16-18(17)2)31(28,29)26-14-11-22(27)24-13-5-15-30-21-8-3-6-19-7-4-12-25-23(19)21/h3-4,6-10,12,16,26H,5,11,13-15H2,1-2H3,(H,24,27). The number of benzene rings is 2. The number of sulfonamides is 1. The normalized spacial score (nSPS) is 11.4. The zero-order chi connectivity index (χ0) is 22.3. The largest absolute Gasteiger partial charge is 0.491 e. The van der Waals surface area contributed by atoms with Crippen molar-refractivity contribution in [2.75, 3.05) is 19.7 Å². The highest BCUT2D eigenvalue weighted by Crippen LogP contribution is 2.22. The fraction of sp³-hybridized carbons (Fsp3) is 0.304. The number of carbonyl (C=O) groups excluding carboxylic acids is 1. The number of hydrogen-bond donors (Lipinski definition) is 2. The van der Waals surface area contributed by atoms with Crippen LogP contribution in [0.4, 0.5) is 0 Å². The van der Waals surface area contributed by atoms with Crippen LogP contribution in [0.15, 0.2) is 59.6 Å². The first-order valence-corrected chi connectivity index (χ1v) is 11.7. The molecular formula is C23H27N3O4S. The van der Waals surface area contributed by atoms with Crippen LogP contribution in [0.2, 0.25) is 0 Å². The number of rotatable bonds is 10. The van der Waals surface area contributed by atoms with Gasteiger partial charge in [0.15, 0.2) is 0 Å². The predicted octanol–water partition coefficient (Wildman–Crippen LogP) is 3.11. The monoisotopic (exact) mass is 441 g/mol. The van der Waals surface area contributed by atoms with Crippen molar-refractivity contribution in [1.29, 1.82) is 0 Å². The number of aryl methyl sites for hydroxylation is 2. The highest BCUT2D eigenvalue weighted by molar-refractivity contribution is 7.89. The molecule has 164 valence electrons. The van der Waals surface area contributed by atoms with Gasteiger partial charge in [-0.3, -0.25) is 9.78 Å². The summed E-state index contributed by atoms with van der Waals surface area (Å²) in [6.07, 6.45) is 2.42. The van der Waals surface area contributed by atoms with Crippen molar-refractivity contribution >= 4 is 26.8 Å². The van der Waals surface area contributed by atoms with Crippen molar-refractivity contribution in [3.63, 3.8) is 0 Å². The van der Waals surface area contributed by atoms with Gasteiger partial charge in [-0.25, -0.2) is 13.1 Å². The van der Waals surface area contributed by atoms with Crippen LogP contribution in [0, 0.1) is 13.8 Å². The Morgan fingerprint density at radius 2 is 1.84 bits per heavy atom. The Morgan fingerprint density at radius 1 is 1.03 bits per heavy atom. The zero-order valence-corrected chi connectivity index (χ0v) is 18.5. The lowest BCUT2D eigenvalue weighted by Crippen LogP contribution is -2.31. The van der Waals surface area contributed by atoms with E-state index in [1.807, 2.05) is 44.2 Å². The van der Waals surface area contributed by atoms with Gasteiger partial charge in [0, 0.05) is 31.1 Å². The molecule has 3 aromatic rings. The second-order valence-corrected chi connectivity index (χ2v) is 9.04. The molecule has 31 heavy (non-hydrogen) atoms. The quantitative estimate of drug-likeness (QED) is 0.471. The van der Waals surface area contributed by atoms with Crippen molar-refractivity contribution in [2.24, 2.45) is 0 Å². The number of amides is 1. The Kier molecular flexibility index (Phi) is 7.59. The number of para-hydroxylation sites is 1. The van der Waals surface area contributed by atoms with Gasteiger partial charge in [-0.05, 0) is 55.7 Å². The number of carbonyl (C=O) groups is 1. The topological polar surface area (TPSA) is 97.4 Å². The molecule has 0 unspecified atom stereocenters. The van der Waals surface area contributed by atoms with Crippen LogP contribution in [0.3, 0.4) is 0 Å². The van der Waals surface area contributed by atoms with E-state index < -0.39 is 10.0 Å². The Morgan fingerprint density at radius 3 is 2.65 bits per heavy atom. The van der Waals surface area contributed by atoms with Gasteiger partial charge in [-0.2, -0.15) is 0 Å². The molecule has 3 rings (SSSR count). The van der Waals surface area contributed by atoms with Crippen LogP contribution < -0.4 is 14.8 Å². The SMILES string of the molecule is Cc1ccc(S(=O)(=O)NCCC(=O)NCCCOc2cccc3cccnc23)cc1C. The third kappa shape index (κ3) is 6.26. The fourth-order valence-electron chi connectivity index (χ4n) is 3.03. The van der Waals surface area contributed by atoms with Gasteiger partial charge >= 0.3 is 0 Å². The third-order valence-electron chi connectivity index (χ3n) is 4.93. The zero-order valence-electron chi connectivity index (χ0n) is 17.7. The van der Waals surface area contributed by atoms with Crippen LogP contribution >= 0.6 is 0 Å². The summed E-state index contributed by atoms with van der Waals surface area (Å²) in [4.78, 5) is 16.5. The summed E-state index contributed by atoms with van der Waals surface area (Å²) in [5, 5.41) is 3.79. The molecule has 0 saturated carbocycles. The first kappa shape index (κ1) is 22.7. The Balaban J connectivity index is 1.36. The molecule has 0 aliphatic rings. The molecule has 1 heterocycles. The van der Waals surface area contributed by atoms with Crippen molar-refractivity contribution in [3.05, 3.63) is 65.9 Å². The highest BCUT2D eigenvalue weighted by atomic mass is 32.2. The van der Waals surface area contributed by atoms with E-state index in [0.29, 0.717) is 25.3 Å². The molecule has 0 spiro atoms. The highest BCUT2D eigenvalue weighted by Gasteiger charge is 2.14. The van der Waals surface area contributed by atoms with Crippen LogP contribution in [0.1, 0.15) is 24.0 Å². The van der Waals surface area contributed by atoms with Crippen LogP contribution in [-0.2, 0) is 14.8 Å². The Labute approximate surface area is 182 Å². The maximum Gasteiger partial charge on any atom is 0.240 e. The third-order valence-corrected chi connectivity index (χ3v) is 6.39. The van der Waals surface area contributed by atoms with Crippen LogP contribution in [-0.4, -0.2) is 39.0 Å². The molecule has 0 saturated heterocycles. The number of nitrogens with zero attached hydrogens (tertiary/aromatic N) is 1. The van der Waals surface area contributed by atoms with Crippen molar-refractivity contribution in [1.82, 2.24) is 15.0 Å². The van der Waals surface area contributed by atoms with Gasteiger partial charge < -0.3 is 10.1 Å². The maximum atomic E-state index is 12.3. The van der Waals surface area contributed by atoms with E-state index >= 15 is 0 Å². The molecule has 0 aliphatic carbocycles. The van der Waals surface area contributed by atoms with Crippen LogP contribution in [0.25, 0.3) is 10.9 Å². The molecule has 8 heteroatoms. The number of hydrogen-bond acceptors (Lipinski definition) is 5. The molecule has 1 aromatic heterocycles. The minimum Gasteiger partial charge on any atom is -0.491 e. The van der Waals surface area contributed by atoms with E-state index in [4.69, 9.17) is 4.74 Å². The fourth-order valence-corrected chi connectivity index (χ4v) is 4.14. The lowest BCUT2D eigenvalue weighted by molar-refractivity contribution is -0.120. The number of pyridine rings is 1. The molecule has 2 aromatic carbocycles. The average Bonchev–Trinajstić information content (AvgIpc) is 2.75.